The minimum atomic E-state index is -0.156. The Morgan fingerprint density at radius 1 is 1.29 bits per heavy atom. The number of benzene rings is 1. The van der Waals surface area contributed by atoms with Gasteiger partial charge in [-0.2, -0.15) is 0 Å². The number of aliphatic hydroxyl groups is 1. The van der Waals surface area contributed by atoms with Crippen LogP contribution in [0.5, 0.6) is 0 Å². The average Bonchev–Trinajstić information content (AvgIpc) is 2.97. The Kier molecular flexibility index (Phi) is 2.60. The first-order valence-corrected chi connectivity index (χ1v) is 5.47. The molecule has 1 aliphatic rings. The lowest BCUT2D eigenvalue weighted by Crippen LogP contribution is -2.10. The predicted molar refractivity (Wildman–Crippen MR) is 58.3 cm³/mol. The van der Waals surface area contributed by atoms with E-state index in [0.29, 0.717) is 5.41 Å². The largest absolute Gasteiger partial charge is 0.393 e. The Morgan fingerprint density at radius 3 is 2.43 bits per heavy atom. The zero-order valence-corrected chi connectivity index (χ0v) is 8.74. The SMILES string of the molecule is C[C@@H](O)CCC1(c2ccccc2)CC1. The van der Waals surface area contributed by atoms with Gasteiger partial charge in [-0.25, -0.2) is 0 Å². The van der Waals surface area contributed by atoms with E-state index in [1.165, 1.54) is 18.4 Å². The molecule has 14 heavy (non-hydrogen) atoms. The third-order valence-electron chi connectivity index (χ3n) is 3.28. The normalized spacial score (nSPS) is 20.4. The molecule has 0 aliphatic heterocycles. The Bertz CT molecular complexity index is 285. The highest BCUT2D eigenvalue weighted by Gasteiger charge is 2.43. The van der Waals surface area contributed by atoms with Gasteiger partial charge in [0.15, 0.2) is 0 Å². The zero-order valence-electron chi connectivity index (χ0n) is 8.74. The van der Waals surface area contributed by atoms with Crippen LogP contribution in [0.1, 0.15) is 38.2 Å². The molecule has 1 aliphatic carbocycles. The number of rotatable bonds is 4. The summed E-state index contributed by atoms with van der Waals surface area (Å²) in [5.41, 5.74) is 1.87. The van der Waals surface area contributed by atoms with Gasteiger partial charge in [-0.05, 0) is 43.6 Å². The monoisotopic (exact) mass is 190 g/mol. The van der Waals surface area contributed by atoms with Crippen molar-refractivity contribution >= 4 is 0 Å². The highest BCUT2D eigenvalue weighted by Crippen LogP contribution is 2.51. The molecule has 1 N–H and O–H groups in total. The summed E-state index contributed by atoms with van der Waals surface area (Å²) in [7, 11) is 0. The quantitative estimate of drug-likeness (QED) is 0.774. The van der Waals surface area contributed by atoms with Crippen molar-refractivity contribution in [3.63, 3.8) is 0 Å². The van der Waals surface area contributed by atoms with Gasteiger partial charge < -0.3 is 5.11 Å². The first kappa shape index (κ1) is 9.72. The van der Waals surface area contributed by atoms with Crippen LogP contribution in [0.3, 0.4) is 0 Å². The van der Waals surface area contributed by atoms with E-state index >= 15 is 0 Å². The van der Waals surface area contributed by atoms with Crippen LogP contribution in [0, 0.1) is 0 Å². The molecule has 76 valence electrons. The van der Waals surface area contributed by atoms with Gasteiger partial charge in [-0.3, -0.25) is 0 Å². The smallest absolute Gasteiger partial charge is 0.0512 e. The van der Waals surface area contributed by atoms with Gasteiger partial charge in [-0.1, -0.05) is 30.3 Å². The van der Waals surface area contributed by atoms with Crippen molar-refractivity contribution in [3.8, 4) is 0 Å². The molecule has 1 saturated carbocycles. The highest BCUT2D eigenvalue weighted by atomic mass is 16.3. The molecule has 0 heterocycles. The standard InChI is InChI=1S/C13H18O/c1-11(14)7-8-13(9-10-13)12-5-3-2-4-6-12/h2-6,11,14H,7-10H2,1H3/t11-/m1/s1. The van der Waals surface area contributed by atoms with Crippen LogP contribution in [0.15, 0.2) is 30.3 Å². The van der Waals surface area contributed by atoms with Gasteiger partial charge in [-0.15, -0.1) is 0 Å². The lowest BCUT2D eigenvalue weighted by atomic mass is 9.90. The van der Waals surface area contributed by atoms with E-state index in [1.54, 1.807) is 0 Å². The van der Waals surface area contributed by atoms with Crippen molar-refractivity contribution in [2.75, 3.05) is 0 Å². The molecule has 1 atom stereocenters. The van der Waals surface area contributed by atoms with Crippen LogP contribution < -0.4 is 0 Å². The van der Waals surface area contributed by atoms with E-state index in [2.05, 4.69) is 30.3 Å². The zero-order chi connectivity index (χ0) is 10.0. The molecular weight excluding hydrogens is 172 g/mol. The topological polar surface area (TPSA) is 20.2 Å². The Balaban J connectivity index is 2.03. The second-order valence-corrected chi connectivity index (χ2v) is 4.53. The van der Waals surface area contributed by atoms with Crippen molar-refractivity contribution < 1.29 is 5.11 Å². The highest BCUT2D eigenvalue weighted by molar-refractivity contribution is 5.30. The van der Waals surface area contributed by atoms with Crippen molar-refractivity contribution in [1.82, 2.24) is 0 Å². The Hall–Kier alpha value is -0.820. The van der Waals surface area contributed by atoms with Crippen LogP contribution in [0.25, 0.3) is 0 Å². The Labute approximate surface area is 85.8 Å². The number of hydrogen-bond donors (Lipinski definition) is 1. The van der Waals surface area contributed by atoms with E-state index in [9.17, 15) is 5.11 Å². The molecule has 1 aromatic rings. The van der Waals surface area contributed by atoms with E-state index in [4.69, 9.17) is 0 Å². The summed E-state index contributed by atoms with van der Waals surface area (Å²) >= 11 is 0. The third-order valence-corrected chi connectivity index (χ3v) is 3.28. The summed E-state index contributed by atoms with van der Waals surface area (Å²) in [6.07, 6.45) is 4.49. The molecule has 1 aromatic carbocycles. The minimum Gasteiger partial charge on any atom is -0.393 e. The molecule has 1 nitrogen and oxygen atoms in total. The van der Waals surface area contributed by atoms with Crippen molar-refractivity contribution in [2.45, 2.75) is 44.1 Å². The van der Waals surface area contributed by atoms with Crippen molar-refractivity contribution in [3.05, 3.63) is 35.9 Å². The molecule has 0 spiro atoms. The van der Waals surface area contributed by atoms with E-state index in [1.807, 2.05) is 6.92 Å². The van der Waals surface area contributed by atoms with E-state index in [-0.39, 0.29) is 6.10 Å². The number of hydrogen-bond acceptors (Lipinski definition) is 1. The summed E-state index contributed by atoms with van der Waals surface area (Å²) in [6.45, 7) is 1.88. The summed E-state index contributed by atoms with van der Waals surface area (Å²) < 4.78 is 0. The van der Waals surface area contributed by atoms with Crippen LogP contribution in [-0.2, 0) is 5.41 Å². The molecule has 0 unspecified atom stereocenters. The van der Waals surface area contributed by atoms with E-state index in [0.717, 1.165) is 12.8 Å². The molecular formula is C13H18O. The first-order chi connectivity index (χ1) is 6.73. The molecule has 0 bridgehead atoms. The fraction of sp³-hybridized carbons (Fsp3) is 0.538. The van der Waals surface area contributed by atoms with Gasteiger partial charge in [0.05, 0.1) is 6.10 Å². The van der Waals surface area contributed by atoms with Crippen LogP contribution in [0.2, 0.25) is 0 Å². The predicted octanol–water partition coefficient (Wildman–Crippen LogP) is 2.88. The minimum absolute atomic E-state index is 0.156. The maximum absolute atomic E-state index is 9.29. The van der Waals surface area contributed by atoms with Crippen LogP contribution >= 0.6 is 0 Å². The summed E-state index contributed by atoms with van der Waals surface area (Å²) in [6, 6.07) is 10.7. The van der Waals surface area contributed by atoms with Crippen molar-refractivity contribution in [2.24, 2.45) is 0 Å². The van der Waals surface area contributed by atoms with Crippen LogP contribution in [-0.4, -0.2) is 11.2 Å². The van der Waals surface area contributed by atoms with Gasteiger partial charge in [0.2, 0.25) is 0 Å². The second-order valence-electron chi connectivity index (χ2n) is 4.53. The molecule has 0 radical (unpaired) electrons. The van der Waals surface area contributed by atoms with Gasteiger partial charge in [0.25, 0.3) is 0 Å². The maximum atomic E-state index is 9.29. The molecule has 0 aromatic heterocycles. The maximum Gasteiger partial charge on any atom is 0.0512 e. The third kappa shape index (κ3) is 1.98. The van der Waals surface area contributed by atoms with E-state index < -0.39 is 0 Å². The molecule has 1 heteroatoms. The summed E-state index contributed by atoms with van der Waals surface area (Å²) in [5.74, 6) is 0. The fourth-order valence-electron chi connectivity index (χ4n) is 2.11. The molecule has 0 saturated heterocycles. The van der Waals surface area contributed by atoms with Gasteiger partial charge in [0.1, 0.15) is 0 Å². The second kappa shape index (κ2) is 3.74. The van der Waals surface area contributed by atoms with Gasteiger partial charge >= 0.3 is 0 Å². The summed E-state index contributed by atoms with van der Waals surface area (Å²) in [4.78, 5) is 0. The molecule has 2 rings (SSSR count). The fourth-order valence-corrected chi connectivity index (χ4v) is 2.11. The Morgan fingerprint density at radius 2 is 1.93 bits per heavy atom. The average molecular weight is 190 g/mol. The lowest BCUT2D eigenvalue weighted by molar-refractivity contribution is 0.177. The first-order valence-electron chi connectivity index (χ1n) is 5.47. The lowest BCUT2D eigenvalue weighted by Gasteiger charge is -2.16. The van der Waals surface area contributed by atoms with Crippen molar-refractivity contribution in [1.29, 1.82) is 0 Å². The summed E-state index contributed by atoms with van der Waals surface area (Å²) in [5, 5.41) is 9.29. The molecule has 1 fully saturated rings. The van der Waals surface area contributed by atoms with Crippen LogP contribution in [0.4, 0.5) is 0 Å². The number of aliphatic hydroxyl groups excluding tert-OH is 1. The van der Waals surface area contributed by atoms with Gasteiger partial charge in [0, 0.05) is 0 Å². The molecule has 0 amide bonds.